The molecule has 19 heavy (non-hydrogen) atoms. The van der Waals surface area contributed by atoms with E-state index in [9.17, 15) is 9.59 Å². The maximum atomic E-state index is 12.5. The molecule has 0 N–H and O–H groups in total. The number of amides is 2. The molecule has 1 saturated carbocycles. The van der Waals surface area contributed by atoms with Crippen LogP contribution in [0.2, 0.25) is 0 Å². The fourth-order valence-corrected chi connectivity index (χ4v) is 2.77. The third-order valence-corrected chi connectivity index (χ3v) is 4.27. The molecule has 0 bridgehead atoms. The van der Waals surface area contributed by atoms with Crippen LogP contribution in [0.1, 0.15) is 19.3 Å². The number of ether oxygens (including phenoxy) is 2. The average molecular weight is 268 g/mol. The molecule has 6 heteroatoms. The van der Waals surface area contributed by atoms with E-state index in [2.05, 4.69) is 0 Å². The molecular weight excluding hydrogens is 248 g/mol. The molecule has 1 aliphatic carbocycles. The third-order valence-electron chi connectivity index (χ3n) is 4.27. The van der Waals surface area contributed by atoms with Crippen LogP contribution in [-0.4, -0.2) is 67.3 Å². The highest BCUT2D eigenvalue weighted by Gasteiger charge is 2.47. The van der Waals surface area contributed by atoms with E-state index in [0.29, 0.717) is 39.4 Å². The molecule has 3 fully saturated rings. The summed E-state index contributed by atoms with van der Waals surface area (Å²) in [7, 11) is 1.55. The Balaban J connectivity index is 1.63. The Morgan fingerprint density at radius 1 is 1.26 bits per heavy atom. The first-order chi connectivity index (χ1) is 9.16. The summed E-state index contributed by atoms with van der Waals surface area (Å²) in [5, 5.41) is 0. The van der Waals surface area contributed by atoms with E-state index >= 15 is 0 Å². The molecule has 0 aromatic heterocycles. The van der Waals surface area contributed by atoms with Gasteiger partial charge in [-0.2, -0.15) is 0 Å². The SMILES string of the molecule is COC1(C(=O)N2CCN(C(=O)C3CC3)C2)CCOC1. The van der Waals surface area contributed by atoms with Crippen molar-refractivity contribution in [2.45, 2.75) is 24.9 Å². The van der Waals surface area contributed by atoms with Crippen molar-refractivity contribution >= 4 is 11.8 Å². The minimum atomic E-state index is -0.835. The summed E-state index contributed by atoms with van der Waals surface area (Å²) in [6.45, 7) is 2.51. The van der Waals surface area contributed by atoms with Gasteiger partial charge in [0.15, 0.2) is 5.60 Å². The van der Waals surface area contributed by atoms with E-state index in [1.54, 1.807) is 16.9 Å². The molecule has 0 spiro atoms. The van der Waals surface area contributed by atoms with Gasteiger partial charge in [-0.1, -0.05) is 0 Å². The minimum absolute atomic E-state index is 0.0430. The van der Waals surface area contributed by atoms with E-state index in [-0.39, 0.29) is 17.7 Å². The molecule has 2 heterocycles. The third kappa shape index (κ3) is 2.23. The van der Waals surface area contributed by atoms with Gasteiger partial charge in [0.05, 0.1) is 19.9 Å². The van der Waals surface area contributed by atoms with Gasteiger partial charge < -0.3 is 19.3 Å². The Labute approximate surface area is 112 Å². The van der Waals surface area contributed by atoms with E-state index in [1.807, 2.05) is 0 Å². The van der Waals surface area contributed by atoms with Crippen LogP contribution in [-0.2, 0) is 19.1 Å². The number of hydrogen-bond acceptors (Lipinski definition) is 4. The molecule has 6 nitrogen and oxygen atoms in total. The Morgan fingerprint density at radius 2 is 2.00 bits per heavy atom. The van der Waals surface area contributed by atoms with Crippen LogP contribution in [0.4, 0.5) is 0 Å². The van der Waals surface area contributed by atoms with Crippen molar-refractivity contribution in [3.8, 4) is 0 Å². The van der Waals surface area contributed by atoms with Gasteiger partial charge in [-0.3, -0.25) is 9.59 Å². The van der Waals surface area contributed by atoms with Crippen LogP contribution in [0.25, 0.3) is 0 Å². The largest absolute Gasteiger partial charge is 0.378 e. The average Bonchev–Trinajstić information content (AvgIpc) is 2.98. The molecule has 3 aliphatic rings. The summed E-state index contributed by atoms with van der Waals surface area (Å²) in [5.74, 6) is 0.365. The van der Waals surface area contributed by atoms with Gasteiger partial charge in [0, 0.05) is 32.5 Å². The molecule has 106 valence electrons. The van der Waals surface area contributed by atoms with Crippen molar-refractivity contribution < 1.29 is 19.1 Å². The van der Waals surface area contributed by atoms with E-state index in [4.69, 9.17) is 9.47 Å². The summed E-state index contributed by atoms with van der Waals surface area (Å²) >= 11 is 0. The number of hydrogen-bond donors (Lipinski definition) is 0. The lowest BCUT2D eigenvalue weighted by atomic mass is 10.0. The van der Waals surface area contributed by atoms with Crippen molar-refractivity contribution in [2.24, 2.45) is 5.92 Å². The van der Waals surface area contributed by atoms with Gasteiger partial charge in [0.2, 0.25) is 5.91 Å². The monoisotopic (exact) mass is 268 g/mol. The van der Waals surface area contributed by atoms with Gasteiger partial charge in [-0.15, -0.1) is 0 Å². The van der Waals surface area contributed by atoms with Crippen LogP contribution >= 0.6 is 0 Å². The van der Waals surface area contributed by atoms with Gasteiger partial charge in [-0.25, -0.2) is 0 Å². The van der Waals surface area contributed by atoms with Crippen LogP contribution < -0.4 is 0 Å². The van der Waals surface area contributed by atoms with Crippen molar-refractivity contribution in [2.75, 3.05) is 40.1 Å². The van der Waals surface area contributed by atoms with E-state index in [1.165, 1.54) is 0 Å². The second kappa shape index (κ2) is 4.76. The number of carbonyl (C=O) groups excluding carboxylic acids is 2. The maximum Gasteiger partial charge on any atom is 0.258 e. The highest BCUT2D eigenvalue weighted by Crippen LogP contribution is 2.32. The molecule has 0 radical (unpaired) electrons. The Bertz CT molecular complexity index is 388. The molecule has 2 amide bonds. The fraction of sp³-hybridized carbons (Fsp3) is 0.846. The molecule has 2 saturated heterocycles. The van der Waals surface area contributed by atoms with Crippen molar-refractivity contribution in [3.05, 3.63) is 0 Å². The predicted octanol–water partition coefficient (Wildman–Crippen LogP) is -0.170. The molecule has 1 atom stereocenters. The zero-order valence-corrected chi connectivity index (χ0v) is 11.3. The smallest absolute Gasteiger partial charge is 0.258 e. The lowest BCUT2D eigenvalue weighted by molar-refractivity contribution is -0.154. The number of rotatable bonds is 3. The predicted molar refractivity (Wildman–Crippen MR) is 66.2 cm³/mol. The first-order valence-corrected chi connectivity index (χ1v) is 6.87. The summed E-state index contributed by atoms with van der Waals surface area (Å²) in [5.41, 5.74) is -0.835. The van der Waals surface area contributed by atoms with Crippen LogP contribution in [0.5, 0.6) is 0 Å². The lowest BCUT2D eigenvalue weighted by Crippen LogP contribution is -2.50. The van der Waals surface area contributed by atoms with Gasteiger partial charge in [-0.05, 0) is 12.8 Å². The summed E-state index contributed by atoms with van der Waals surface area (Å²) in [4.78, 5) is 28.0. The Morgan fingerprint density at radius 3 is 2.58 bits per heavy atom. The minimum Gasteiger partial charge on any atom is -0.378 e. The molecule has 0 aromatic rings. The normalized spacial score (nSPS) is 31.0. The van der Waals surface area contributed by atoms with E-state index in [0.717, 1.165) is 12.8 Å². The summed E-state index contributed by atoms with van der Waals surface area (Å²) in [6.07, 6.45) is 2.59. The number of nitrogens with zero attached hydrogens (tertiary/aromatic N) is 2. The quantitative estimate of drug-likeness (QED) is 0.713. The van der Waals surface area contributed by atoms with E-state index < -0.39 is 5.60 Å². The molecular formula is C13H20N2O4. The molecule has 2 aliphatic heterocycles. The molecule has 0 aromatic carbocycles. The molecule has 1 unspecified atom stereocenters. The fourth-order valence-electron chi connectivity index (χ4n) is 2.77. The lowest BCUT2D eigenvalue weighted by Gasteiger charge is -2.29. The van der Waals surface area contributed by atoms with Gasteiger partial charge in [0.1, 0.15) is 0 Å². The highest BCUT2D eigenvalue weighted by molar-refractivity contribution is 5.87. The topological polar surface area (TPSA) is 59.1 Å². The Hall–Kier alpha value is -1.14. The molecule has 3 rings (SSSR count). The first kappa shape index (κ1) is 12.9. The number of methoxy groups -OCH3 is 1. The first-order valence-electron chi connectivity index (χ1n) is 6.87. The standard InChI is InChI=1S/C13H20N2O4/c1-18-13(4-7-19-8-13)12(17)15-6-5-14(9-15)11(16)10-2-3-10/h10H,2-9H2,1H3. The Kier molecular flexibility index (Phi) is 3.22. The second-order valence-corrected chi connectivity index (χ2v) is 5.59. The number of carbonyl (C=O) groups is 2. The van der Waals surface area contributed by atoms with Crippen LogP contribution in [0, 0.1) is 5.92 Å². The maximum absolute atomic E-state index is 12.5. The summed E-state index contributed by atoms with van der Waals surface area (Å²) in [6, 6.07) is 0. The van der Waals surface area contributed by atoms with Crippen LogP contribution in [0.15, 0.2) is 0 Å². The van der Waals surface area contributed by atoms with Gasteiger partial charge >= 0.3 is 0 Å². The van der Waals surface area contributed by atoms with Gasteiger partial charge in [0.25, 0.3) is 5.91 Å². The van der Waals surface area contributed by atoms with Crippen molar-refractivity contribution in [1.82, 2.24) is 9.80 Å². The zero-order valence-electron chi connectivity index (χ0n) is 11.3. The van der Waals surface area contributed by atoms with Crippen molar-refractivity contribution in [1.29, 1.82) is 0 Å². The second-order valence-electron chi connectivity index (χ2n) is 5.59. The summed E-state index contributed by atoms with van der Waals surface area (Å²) < 4.78 is 10.7. The van der Waals surface area contributed by atoms with Crippen LogP contribution in [0.3, 0.4) is 0 Å². The highest BCUT2D eigenvalue weighted by atomic mass is 16.6. The van der Waals surface area contributed by atoms with Crippen molar-refractivity contribution in [3.63, 3.8) is 0 Å². The zero-order chi connectivity index (χ0) is 13.5.